The lowest BCUT2D eigenvalue weighted by molar-refractivity contribution is 0.00636. The number of carbonyl (C=O) groups excluding carboxylic acids is 1. The van der Waals surface area contributed by atoms with Crippen molar-refractivity contribution in [3.05, 3.63) is 34.9 Å². The minimum absolute atomic E-state index is 0.0324. The van der Waals surface area contributed by atoms with Crippen LogP contribution in [0, 0.1) is 5.41 Å². The van der Waals surface area contributed by atoms with Crippen LogP contribution in [-0.4, -0.2) is 49.1 Å². The molecule has 1 aliphatic carbocycles. The SMILES string of the molecule is CN(C)C(=O)NC1CC2(CCN(Cc3ccc(Cl)cc3)CC2)C1. The van der Waals surface area contributed by atoms with Gasteiger partial charge >= 0.3 is 6.03 Å². The lowest BCUT2D eigenvalue weighted by atomic mass is 9.60. The molecule has 23 heavy (non-hydrogen) atoms. The van der Waals surface area contributed by atoms with Crippen LogP contribution in [0.25, 0.3) is 0 Å². The topological polar surface area (TPSA) is 35.6 Å². The van der Waals surface area contributed by atoms with E-state index in [1.807, 2.05) is 12.1 Å². The summed E-state index contributed by atoms with van der Waals surface area (Å²) in [6, 6.07) is 8.56. The zero-order valence-corrected chi connectivity index (χ0v) is 14.8. The van der Waals surface area contributed by atoms with Crippen LogP contribution in [0.3, 0.4) is 0 Å². The third-order valence-electron chi connectivity index (χ3n) is 5.33. The van der Waals surface area contributed by atoms with Crippen molar-refractivity contribution in [2.75, 3.05) is 27.2 Å². The van der Waals surface area contributed by atoms with Gasteiger partial charge in [0.05, 0.1) is 0 Å². The first kappa shape index (κ1) is 16.6. The van der Waals surface area contributed by atoms with E-state index in [0.29, 0.717) is 11.5 Å². The molecule has 0 bridgehead atoms. The molecule has 1 aliphatic heterocycles. The maximum absolute atomic E-state index is 11.7. The van der Waals surface area contributed by atoms with Crippen LogP contribution >= 0.6 is 11.6 Å². The minimum atomic E-state index is 0.0324. The van der Waals surface area contributed by atoms with E-state index in [1.165, 1.54) is 18.4 Å². The number of likely N-dealkylation sites (tertiary alicyclic amines) is 1. The molecule has 2 fully saturated rings. The van der Waals surface area contributed by atoms with Crippen LogP contribution in [-0.2, 0) is 6.54 Å². The van der Waals surface area contributed by atoms with Gasteiger partial charge < -0.3 is 10.2 Å². The Morgan fingerprint density at radius 2 is 1.87 bits per heavy atom. The van der Waals surface area contributed by atoms with Gasteiger partial charge in [0.15, 0.2) is 0 Å². The van der Waals surface area contributed by atoms with Crippen molar-refractivity contribution in [2.24, 2.45) is 5.41 Å². The molecule has 1 spiro atoms. The van der Waals surface area contributed by atoms with E-state index in [2.05, 4.69) is 22.3 Å². The number of carbonyl (C=O) groups is 1. The van der Waals surface area contributed by atoms with Gasteiger partial charge in [-0.3, -0.25) is 4.90 Å². The van der Waals surface area contributed by atoms with Gasteiger partial charge in [0.1, 0.15) is 0 Å². The normalized spacial score (nSPS) is 21.0. The average molecular weight is 336 g/mol. The number of benzene rings is 1. The van der Waals surface area contributed by atoms with Crippen LogP contribution in [0.1, 0.15) is 31.2 Å². The highest BCUT2D eigenvalue weighted by atomic mass is 35.5. The molecular formula is C18H26ClN3O. The Morgan fingerprint density at radius 3 is 2.43 bits per heavy atom. The summed E-state index contributed by atoms with van der Waals surface area (Å²) in [5.41, 5.74) is 1.80. The lowest BCUT2D eigenvalue weighted by Gasteiger charge is -2.52. The molecule has 0 unspecified atom stereocenters. The molecule has 3 rings (SSSR count). The van der Waals surface area contributed by atoms with Crippen molar-refractivity contribution in [1.82, 2.24) is 15.1 Å². The zero-order valence-electron chi connectivity index (χ0n) is 14.0. The van der Waals surface area contributed by atoms with E-state index in [0.717, 1.165) is 37.5 Å². The fraction of sp³-hybridized carbons (Fsp3) is 0.611. The molecule has 5 heteroatoms. The van der Waals surface area contributed by atoms with E-state index in [9.17, 15) is 4.79 Å². The van der Waals surface area contributed by atoms with Gasteiger partial charge in [-0.15, -0.1) is 0 Å². The molecule has 1 saturated heterocycles. The first-order valence-corrected chi connectivity index (χ1v) is 8.78. The molecule has 1 N–H and O–H groups in total. The summed E-state index contributed by atoms with van der Waals surface area (Å²) in [4.78, 5) is 15.8. The second kappa shape index (κ2) is 6.70. The van der Waals surface area contributed by atoms with Crippen molar-refractivity contribution in [1.29, 1.82) is 0 Å². The summed E-state index contributed by atoms with van der Waals surface area (Å²) >= 11 is 5.94. The van der Waals surface area contributed by atoms with Gasteiger partial charge in [-0.2, -0.15) is 0 Å². The molecule has 4 nitrogen and oxygen atoms in total. The maximum Gasteiger partial charge on any atom is 0.317 e. The van der Waals surface area contributed by atoms with Crippen molar-refractivity contribution in [2.45, 2.75) is 38.3 Å². The van der Waals surface area contributed by atoms with Crippen molar-refractivity contribution in [3.63, 3.8) is 0 Å². The number of urea groups is 1. The summed E-state index contributed by atoms with van der Waals surface area (Å²) in [6.07, 6.45) is 4.77. The second-order valence-electron chi connectivity index (χ2n) is 7.35. The predicted molar refractivity (Wildman–Crippen MR) is 93.6 cm³/mol. The molecule has 1 aromatic carbocycles. The van der Waals surface area contributed by atoms with Crippen LogP contribution in [0.2, 0.25) is 5.02 Å². The molecule has 2 aliphatic rings. The minimum Gasteiger partial charge on any atom is -0.335 e. The molecule has 0 radical (unpaired) electrons. The summed E-state index contributed by atoms with van der Waals surface area (Å²) in [7, 11) is 3.58. The predicted octanol–water partition coefficient (Wildman–Crippen LogP) is 3.36. The largest absolute Gasteiger partial charge is 0.335 e. The summed E-state index contributed by atoms with van der Waals surface area (Å²) in [5.74, 6) is 0. The van der Waals surface area contributed by atoms with Crippen LogP contribution in [0.4, 0.5) is 4.79 Å². The molecule has 2 amide bonds. The monoisotopic (exact) mass is 335 g/mol. The first-order valence-electron chi connectivity index (χ1n) is 8.40. The number of piperidine rings is 1. The van der Waals surface area contributed by atoms with Crippen LogP contribution < -0.4 is 5.32 Å². The fourth-order valence-corrected chi connectivity index (χ4v) is 3.96. The van der Waals surface area contributed by atoms with Gasteiger partial charge in [-0.1, -0.05) is 23.7 Å². The quantitative estimate of drug-likeness (QED) is 0.919. The molecule has 0 aromatic heterocycles. The molecule has 126 valence electrons. The molecular weight excluding hydrogens is 310 g/mol. The third-order valence-corrected chi connectivity index (χ3v) is 5.58. The van der Waals surface area contributed by atoms with Gasteiger partial charge in [0.25, 0.3) is 0 Å². The van der Waals surface area contributed by atoms with E-state index in [-0.39, 0.29) is 6.03 Å². The van der Waals surface area contributed by atoms with Gasteiger partial charge in [-0.25, -0.2) is 4.79 Å². The fourth-order valence-electron chi connectivity index (χ4n) is 3.83. The first-order chi connectivity index (χ1) is 11.0. The van der Waals surface area contributed by atoms with Crippen molar-refractivity contribution >= 4 is 17.6 Å². The number of rotatable bonds is 3. The Balaban J connectivity index is 1.43. The van der Waals surface area contributed by atoms with E-state index >= 15 is 0 Å². The molecule has 1 heterocycles. The number of hydrogen-bond donors (Lipinski definition) is 1. The van der Waals surface area contributed by atoms with E-state index in [1.54, 1.807) is 19.0 Å². The second-order valence-corrected chi connectivity index (χ2v) is 7.79. The number of hydrogen-bond acceptors (Lipinski definition) is 2. The highest BCUT2D eigenvalue weighted by Gasteiger charge is 2.46. The van der Waals surface area contributed by atoms with Gasteiger partial charge in [0, 0.05) is 31.7 Å². The molecule has 1 aromatic rings. The summed E-state index contributed by atoms with van der Waals surface area (Å²) < 4.78 is 0. The number of halogens is 1. The van der Waals surface area contributed by atoms with E-state index in [4.69, 9.17) is 11.6 Å². The maximum atomic E-state index is 11.7. The Bertz CT molecular complexity index is 542. The third kappa shape index (κ3) is 3.99. The Labute approximate surface area is 143 Å². The van der Waals surface area contributed by atoms with Gasteiger partial charge in [0.2, 0.25) is 0 Å². The number of nitrogens with zero attached hydrogens (tertiary/aromatic N) is 2. The zero-order chi connectivity index (χ0) is 16.4. The smallest absolute Gasteiger partial charge is 0.317 e. The Kier molecular flexibility index (Phi) is 4.83. The Morgan fingerprint density at radius 1 is 1.26 bits per heavy atom. The summed E-state index contributed by atoms with van der Waals surface area (Å²) in [6.45, 7) is 3.31. The lowest BCUT2D eigenvalue weighted by Crippen LogP contribution is -2.56. The van der Waals surface area contributed by atoms with Gasteiger partial charge in [-0.05, 0) is 61.9 Å². The Hall–Kier alpha value is -1.26. The number of nitrogens with one attached hydrogen (secondary N) is 1. The molecule has 1 saturated carbocycles. The summed E-state index contributed by atoms with van der Waals surface area (Å²) in [5, 5.41) is 3.90. The van der Waals surface area contributed by atoms with Crippen molar-refractivity contribution in [3.8, 4) is 0 Å². The van der Waals surface area contributed by atoms with Crippen LogP contribution in [0.5, 0.6) is 0 Å². The van der Waals surface area contributed by atoms with Crippen molar-refractivity contribution < 1.29 is 4.79 Å². The van der Waals surface area contributed by atoms with E-state index < -0.39 is 0 Å². The standard InChI is InChI=1S/C18H26ClN3O/c1-21(2)17(23)20-16-11-18(12-16)7-9-22(10-8-18)13-14-3-5-15(19)6-4-14/h3-6,16H,7-13H2,1-2H3,(H,20,23). The number of amides is 2. The molecule has 0 atom stereocenters. The highest BCUT2D eigenvalue weighted by molar-refractivity contribution is 6.30. The highest BCUT2D eigenvalue weighted by Crippen LogP contribution is 2.49. The average Bonchev–Trinajstić information content (AvgIpc) is 2.50. The van der Waals surface area contributed by atoms with Crippen LogP contribution in [0.15, 0.2) is 24.3 Å².